The summed E-state index contributed by atoms with van der Waals surface area (Å²) >= 11 is 5.62. The number of aryl methyl sites for hydroxylation is 1. The van der Waals surface area contributed by atoms with E-state index in [9.17, 15) is 9.50 Å². The first-order chi connectivity index (χ1) is 8.00. The Kier molecular flexibility index (Phi) is 2.98. The molecule has 3 nitrogen and oxygen atoms in total. The predicted molar refractivity (Wildman–Crippen MR) is 63.6 cm³/mol. The molecule has 0 atom stereocenters. The number of aromatic nitrogens is 2. The second kappa shape index (κ2) is 4.30. The van der Waals surface area contributed by atoms with Gasteiger partial charge in [0.15, 0.2) is 0 Å². The van der Waals surface area contributed by atoms with Crippen molar-refractivity contribution in [2.24, 2.45) is 0 Å². The zero-order valence-corrected chi connectivity index (χ0v) is 10.1. The molecule has 1 N–H and O–H groups in total. The zero-order valence-electron chi connectivity index (χ0n) is 9.33. The van der Waals surface area contributed by atoms with E-state index >= 15 is 0 Å². The molecule has 0 saturated heterocycles. The lowest BCUT2D eigenvalue weighted by molar-refractivity contribution is 0.474. The molecule has 0 spiro atoms. The van der Waals surface area contributed by atoms with Crippen molar-refractivity contribution in [2.75, 3.05) is 0 Å². The summed E-state index contributed by atoms with van der Waals surface area (Å²) in [5, 5.41) is 9.49. The Labute approximate surface area is 103 Å². The highest BCUT2D eigenvalue weighted by Crippen LogP contribution is 2.32. The van der Waals surface area contributed by atoms with Crippen LogP contribution >= 0.6 is 11.6 Å². The van der Waals surface area contributed by atoms with E-state index in [4.69, 9.17) is 11.6 Å². The fourth-order valence-corrected chi connectivity index (χ4v) is 1.68. The number of benzene rings is 1. The van der Waals surface area contributed by atoms with Crippen LogP contribution in [0.2, 0.25) is 5.02 Å². The average molecular weight is 253 g/mol. The van der Waals surface area contributed by atoms with Gasteiger partial charge in [0.2, 0.25) is 0 Å². The minimum atomic E-state index is -0.519. The number of hydrogen-bond donors (Lipinski definition) is 1. The summed E-state index contributed by atoms with van der Waals surface area (Å²) in [5.74, 6) is -0.687. The van der Waals surface area contributed by atoms with Crippen molar-refractivity contribution < 1.29 is 9.50 Å². The minimum absolute atomic E-state index is 0.0188. The van der Waals surface area contributed by atoms with E-state index in [0.717, 1.165) is 17.3 Å². The third-order valence-corrected chi connectivity index (χ3v) is 2.93. The fraction of sp³-hybridized carbons (Fsp3) is 0.167. The van der Waals surface area contributed by atoms with Gasteiger partial charge in [-0.1, -0.05) is 11.6 Å². The molecule has 0 fully saturated rings. The minimum Gasteiger partial charge on any atom is -0.506 e. The van der Waals surface area contributed by atoms with Gasteiger partial charge in [-0.3, -0.25) is 0 Å². The van der Waals surface area contributed by atoms with E-state index in [0.29, 0.717) is 5.69 Å². The predicted octanol–water partition coefficient (Wildman–Crippen LogP) is 3.26. The maximum absolute atomic E-state index is 13.8. The Morgan fingerprint density at radius 3 is 2.65 bits per heavy atom. The van der Waals surface area contributed by atoms with Gasteiger partial charge in [0, 0.05) is 11.3 Å². The summed E-state index contributed by atoms with van der Waals surface area (Å²) in [6.45, 7) is 3.62. The van der Waals surface area contributed by atoms with E-state index in [1.54, 1.807) is 6.92 Å². The Hall–Kier alpha value is -1.68. The van der Waals surface area contributed by atoms with Gasteiger partial charge in [-0.15, -0.1) is 0 Å². The lowest BCUT2D eigenvalue weighted by Crippen LogP contribution is -1.96. The molecule has 0 radical (unpaired) electrons. The first-order valence-electron chi connectivity index (χ1n) is 4.97. The average Bonchev–Trinajstić information content (AvgIpc) is 2.28. The molecule has 5 heteroatoms. The Balaban J connectivity index is 2.69. The Morgan fingerprint density at radius 1 is 1.24 bits per heavy atom. The smallest absolute Gasteiger partial charge is 0.135 e. The van der Waals surface area contributed by atoms with Crippen LogP contribution in [0.5, 0.6) is 5.75 Å². The Bertz CT molecular complexity index is 587. The van der Waals surface area contributed by atoms with Crippen LogP contribution < -0.4 is 0 Å². The molecule has 0 aliphatic rings. The van der Waals surface area contributed by atoms with E-state index in [1.165, 1.54) is 12.4 Å². The molecular weight excluding hydrogens is 243 g/mol. The summed E-state index contributed by atoms with van der Waals surface area (Å²) in [5.41, 5.74) is 2.22. The number of hydrogen-bond acceptors (Lipinski definition) is 3. The van der Waals surface area contributed by atoms with Crippen LogP contribution in [0.15, 0.2) is 18.5 Å². The second-order valence-corrected chi connectivity index (χ2v) is 4.12. The number of phenolic OH excluding ortho intramolecular Hbond substituents is 1. The van der Waals surface area contributed by atoms with Crippen LogP contribution in [0.4, 0.5) is 4.39 Å². The van der Waals surface area contributed by atoms with Gasteiger partial charge in [0.05, 0.1) is 10.7 Å². The number of halogens is 2. The van der Waals surface area contributed by atoms with Crippen LogP contribution in [0.3, 0.4) is 0 Å². The van der Waals surface area contributed by atoms with Crippen molar-refractivity contribution in [1.82, 2.24) is 9.97 Å². The largest absolute Gasteiger partial charge is 0.506 e. The van der Waals surface area contributed by atoms with Crippen molar-refractivity contribution in [3.8, 4) is 17.0 Å². The number of aromatic hydroxyl groups is 1. The van der Waals surface area contributed by atoms with Crippen LogP contribution in [-0.4, -0.2) is 15.1 Å². The molecule has 0 aliphatic carbocycles. The standard InChI is InChI=1S/C12H10ClFN2O/c1-6-7(2)15-5-16-12(6)8-3-11(17)9(13)4-10(8)14/h3-5,17H,1-2H3. The van der Waals surface area contributed by atoms with Crippen molar-refractivity contribution in [2.45, 2.75) is 13.8 Å². The maximum Gasteiger partial charge on any atom is 0.135 e. The molecule has 1 aromatic carbocycles. The molecular formula is C12H10ClFN2O. The molecule has 2 rings (SSSR count). The van der Waals surface area contributed by atoms with Gasteiger partial charge in [0.1, 0.15) is 17.9 Å². The van der Waals surface area contributed by atoms with Gasteiger partial charge in [-0.05, 0) is 31.5 Å². The zero-order chi connectivity index (χ0) is 12.6. The van der Waals surface area contributed by atoms with E-state index in [2.05, 4.69) is 9.97 Å². The molecule has 1 heterocycles. The Morgan fingerprint density at radius 2 is 1.94 bits per heavy atom. The van der Waals surface area contributed by atoms with Crippen molar-refractivity contribution in [3.05, 3.63) is 40.6 Å². The summed E-state index contributed by atoms with van der Waals surface area (Å²) in [6.07, 6.45) is 1.36. The third-order valence-electron chi connectivity index (χ3n) is 2.63. The molecule has 0 amide bonds. The number of phenols is 1. The van der Waals surface area contributed by atoms with E-state index in [-0.39, 0.29) is 16.3 Å². The number of nitrogens with zero attached hydrogens (tertiary/aromatic N) is 2. The monoisotopic (exact) mass is 252 g/mol. The molecule has 2 aromatic rings. The lowest BCUT2D eigenvalue weighted by Gasteiger charge is -2.09. The lowest BCUT2D eigenvalue weighted by atomic mass is 10.1. The fourth-order valence-electron chi connectivity index (χ4n) is 1.53. The SMILES string of the molecule is Cc1ncnc(-c2cc(O)c(Cl)cc2F)c1C. The molecule has 0 unspecified atom stereocenters. The second-order valence-electron chi connectivity index (χ2n) is 3.72. The molecule has 0 saturated carbocycles. The van der Waals surface area contributed by atoms with E-state index in [1.807, 2.05) is 6.92 Å². The molecule has 0 aliphatic heterocycles. The molecule has 88 valence electrons. The summed E-state index contributed by atoms with van der Waals surface area (Å²) in [7, 11) is 0. The highest BCUT2D eigenvalue weighted by atomic mass is 35.5. The summed E-state index contributed by atoms with van der Waals surface area (Å²) < 4.78 is 13.8. The quantitative estimate of drug-likeness (QED) is 0.847. The van der Waals surface area contributed by atoms with Gasteiger partial charge in [-0.25, -0.2) is 14.4 Å². The van der Waals surface area contributed by atoms with Crippen LogP contribution in [0, 0.1) is 19.7 Å². The van der Waals surface area contributed by atoms with Gasteiger partial charge in [-0.2, -0.15) is 0 Å². The summed E-state index contributed by atoms with van der Waals surface area (Å²) in [4.78, 5) is 8.05. The first kappa shape index (κ1) is 11.8. The first-order valence-corrected chi connectivity index (χ1v) is 5.35. The van der Waals surface area contributed by atoms with E-state index < -0.39 is 5.82 Å². The molecule has 1 aromatic heterocycles. The normalized spacial score (nSPS) is 10.6. The topological polar surface area (TPSA) is 46.0 Å². The van der Waals surface area contributed by atoms with Crippen molar-refractivity contribution in [1.29, 1.82) is 0 Å². The highest BCUT2D eigenvalue weighted by molar-refractivity contribution is 6.32. The third kappa shape index (κ3) is 2.08. The molecule has 17 heavy (non-hydrogen) atoms. The van der Waals surface area contributed by atoms with Gasteiger partial charge in [0.25, 0.3) is 0 Å². The molecule has 0 bridgehead atoms. The van der Waals surface area contributed by atoms with Gasteiger partial charge >= 0.3 is 0 Å². The summed E-state index contributed by atoms with van der Waals surface area (Å²) in [6, 6.07) is 2.34. The highest BCUT2D eigenvalue weighted by Gasteiger charge is 2.14. The van der Waals surface area contributed by atoms with Crippen LogP contribution in [0.25, 0.3) is 11.3 Å². The van der Waals surface area contributed by atoms with Crippen LogP contribution in [0.1, 0.15) is 11.3 Å². The van der Waals surface area contributed by atoms with Crippen molar-refractivity contribution in [3.63, 3.8) is 0 Å². The van der Waals surface area contributed by atoms with Crippen molar-refractivity contribution >= 4 is 11.6 Å². The maximum atomic E-state index is 13.8. The number of rotatable bonds is 1. The van der Waals surface area contributed by atoms with Crippen LogP contribution in [-0.2, 0) is 0 Å². The van der Waals surface area contributed by atoms with Gasteiger partial charge < -0.3 is 5.11 Å².